The van der Waals surface area contributed by atoms with Gasteiger partial charge in [-0.25, -0.2) is 4.98 Å². The van der Waals surface area contributed by atoms with E-state index in [1.54, 1.807) is 25.1 Å². The molecular weight excluding hydrogens is 278 g/mol. The number of nitrogens with zero attached hydrogens (tertiary/aromatic N) is 2. The topological polar surface area (TPSA) is 110 Å². The monoisotopic (exact) mass is 293 g/mol. The zero-order valence-corrected chi connectivity index (χ0v) is 11.9. The highest BCUT2D eigenvalue weighted by molar-refractivity contribution is 7.92. The van der Waals surface area contributed by atoms with Gasteiger partial charge in [0.1, 0.15) is 0 Å². The number of hydrazine groups is 1. The van der Waals surface area contributed by atoms with Crippen LogP contribution in [0.1, 0.15) is 11.4 Å². The van der Waals surface area contributed by atoms with Gasteiger partial charge in [0.2, 0.25) is 5.03 Å². The van der Waals surface area contributed by atoms with Gasteiger partial charge in [-0.05, 0) is 38.1 Å². The van der Waals surface area contributed by atoms with Gasteiger partial charge in [0.25, 0.3) is 10.0 Å². The molecule has 0 aliphatic heterocycles. The van der Waals surface area contributed by atoms with Gasteiger partial charge in [-0.15, -0.1) is 0 Å². The van der Waals surface area contributed by atoms with Gasteiger partial charge in [-0.2, -0.15) is 8.42 Å². The lowest BCUT2D eigenvalue weighted by atomic mass is 10.3. The first-order chi connectivity index (χ1) is 9.44. The summed E-state index contributed by atoms with van der Waals surface area (Å²) >= 11 is 0. The predicted octanol–water partition coefficient (Wildman–Crippen LogP) is 1.18. The molecule has 2 rings (SSSR count). The summed E-state index contributed by atoms with van der Waals surface area (Å²) in [6.45, 7) is 3.56. The molecule has 0 fully saturated rings. The summed E-state index contributed by atoms with van der Waals surface area (Å²) < 4.78 is 27.1. The number of sulfonamides is 1. The number of nitrogen functional groups attached to an aromatic ring is 1. The molecule has 0 spiro atoms. The third kappa shape index (κ3) is 2.86. The molecule has 8 heteroatoms. The first-order valence-electron chi connectivity index (χ1n) is 5.83. The molecule has 4 N–H and O–H groups in total. The minimum absolute atomic E-state index is 0.164. The van der Waals surface area contributed by atoms with Crippen LogP contribution in [0.2, 0.25) is 0 Å². The number of hydrogen-bond acceptors (Lipinski definition) is 6. The van der Waals surface area contributed by atoms with E-state index in [4.69, 9.17) is 5.84 Å². The van der Waals surface area contributed by atoms with Crippen LogP contribution in [0.25, 0.3) is 0 Å². The molecule has 2 heterocycles. The van der Waals surface area contributed by atoms with Crippen molar-refractivity contribution in [2.45, 2.75) is 18.9 Å². The molecule has 0 unspecified atom stereocenters. The second kappa shape index (κ2) is 5.43. The Morgan fingerprint density at radius 1 is 1.15 bits per heavy atom. The van der Waals surface area contributed by atoms with Crippen LogP contribution in [0, 0.1) is 13.8 Å². The Bertz CT molecular complexity index is 730. The van der Waals surface area contributed by atoms with Crippen molar-refractivity contribution in [3.63, 3.8) is 0 Å². The highest BCUT2D eigenvalue weighted by atomic mass is 32.2. The Labute approximate surface area is 117 Å². The van der Waals surface area contributed by atoms with E-state index in [1.807, 2.05) is 6.92 Å². The third-order valence-electron chi connectivity index (χ3n) is 2.65. The fourth-order valence-electron chi connectivity index (χ4n) is 1.70. The summed E-state index contributed by atoms with van der Waals surface area (Å²) in [5, 5.41) is -0.164. The van der Waals surface area contributed by atoms with Crippen LogP contribution in [-0.4, -0.2) is 18.4 Å². The van der Waals surface area contributed by atoms with Crippen molar-refractivity contribution in [3.05, 3.63) is 41.9 Å². The Kier molecular flexibility index (Phi) is 3.86. The number of nitrogens with one attached hydrogen (secondary N) is 2. The average molecular weight is 293 g/mol. The molecule has 0 saturated heterocycles. The molecular formula is C12H15N5O2S. The van der Waals surface area contributed by atoms with Crippen LogP contribution < -0.4 is 16.0 Å². The molecule has 0 atom stereocenters. The van der Waals surface area contributed by atoms with E-state index in [0.29, 0.717) is 11.4 Å². The fourth-order valence-corrected chi connectivity index (χ4v) is 2.92. The van der Waals surface area contributed by atoms with Crippen LogP contribution in [0.5, 0.6) is 0 Å². The average Bonchev–Trinajstić information content (AvgIpc) is 2.42. The van der Waals surface area contributed by atoms with Crippen LogP contribution >= 0.6 is 0 Å². The Morgan fingerprint density at radius 3 is 2.55 bits per heavy atom. The van der Waals surface area contributed by atoms with Crippen molar-refractivity contribution < 1.29 is 8.42 Å². The molecule has 2 aromatic heterocycles. The van der Waals surface area contributed by atoms with E-state index in [0.717, 1.165) is 5.69 Å². The lowest BCUT2D eigenvalue weighted by Gasteiger charge is -2.12. The van der Waals surface area contributed by atoms with Gasteiger partial charge >= 0.3 is 0 Å². The second-order valence-electron chi connectivity index (χ2n) is 4.19. The van der Waals surface area contributed by atoms with Crippen LogP contribution in [0.3, 0.4) is 0 Å². The summed E-state index contributed by atoms with van der Waals surface area (Å²) in [6, 6.07) is 6.51. The summed E-state index contributed by atoms with van der Waals surface area (Å²) in [5.41, 5.74) is 4.34. The number of aromatic nitrogens is 2. The van der Waals surface area contributed by atoms with Crippen molar-refractivity contribution >= 4 is 21.4 Å². The molecule has 7 nitrogen and oxygen atoms in total. The maximum Gasteiger partial charge on any atom is 0.281 e. The van der Waals surface area contributed by atoms with Gasteiger partial charge in [-0.3, -0.25) is 15.5 Å². The molecule has 0 radical (unpaired) electrons. The lowest BCUT2D eigenvalue weighted by molar-refractivity contribution is 0.598. The van der Waals surface area contributed by atoms with Crippen molar-refractivity contribution in [2.75, 3.05) is 10.1 Å². The first kappa shape index (κ1) is 14.2. The van der Waals surface area contributed by atoms with Crippen molar-refractivity contribution in [1.29, 1.82) is 0 Å². The maximum absolute atomic E-state index is 12.3. The fraction of sp³-hybridized carbons (Fsp3) is 0.167. The van der Waals surface area contributed by atoms with E-state index < -0.39 is 10.0 Å². The van der Waals surface area contributed by atoms with E-state index in [9.17, 15) is 8.42 Å². The molecule has 0 bridgehead atoms. The summed E-state index contributed by atoms with van der Waals surface area (Å²) in [6.07, 6.45) is 1.38. The lowest BCUT2D eigenvalue weighted by Crippen LogP contribution is -2.19. The predicted molar refractivity (Wildman–Crippen MR) is 76.6 cm³/mol. The standard InChI is InChI=1S/C12H15N5O2S/c1-8-5-6-10(9(2)15-8)17-20(18,19)12-11(16-13)4-3-7-14-12/h3-7,16-17H,13H2,1-2H3. The highest BCUT2D eigenvalue weighted by Gasteiger charge is 2.20. The number of nitrogens with two attached hydrogens (primary N) is 1. The number of anilines is 2. The maximum atomic E-state index is 12.3. The van der Waals surface area contributed by atoms with Gasteiger partial charge in [0.05, 0.1) is 17.1 Å². The van der Waals surface area contributed by atoms with Crippen LogP contribution in [0.4, 0.5) is 11.4 Å². The van der Waals surface area contributed by atoms with Gasteiger partial charge in [-0.1, -0.05) is 0 Å². The van der Waals surface area contributed by atoms with Crippen molar-refractivity contribution in [1.82, 2.24) is 9.97 Å². The molecule has 0 aliphatic carbocycles. The third-order valence-corrected chi connectivity index (χ3v) is 3.97. The summed E-state index contributed by atoms with van der Waals surface area (Å²) in [5.74, 6) is 5.30. The van der Waals surface area contributed by atoms with Gasteiger partial charge < -0.3 is 5.43 Å². The number of rotatable bonds is 4. The Morgan fingerprint density at radius 2 is 1.90 bits per heavy atom. The second-order valence-corrected chi connectivity index (χ2v) is 5.79. The zero-order chi connectivity index (χ0) is 14.8. The normalized spacial score (nSPS) is 11.2. The molecule has 0 aliphatic rings. The molecule has 0 aromatic carbocycles. The molecule has 0 amide bonds. The molecule has 106 valence electrons. The number of aryl methyl sites for hydroxylation is 2. The molecule has 20 heavy (non-hydrogen) atoms. The van der Waals surface area contributed by atoms with Crippen molar-refractivity contribution in [2.24, 2.45) is 5.84 Å². The minimum Gasteiger partial charge on any atom is -0.321 e. The first-order valence-corrected chi connectivity index (χ1v) is 7.31. The number of pyridine rings is 2. The SMILES string of the molecule is Cc1ccc(NS(=O)(=O)c2ncccc2NN)c(C)n1. The van der Waals surface area contributed by atoms with E-state index in [-0.39, 0.29) is 10.7 Å². The minimum atomic E-state index is -3.84. The van der Waals surface area contributed by atoms with Crippen LogP contribution in [0.15, 0.2) is 35.5 Å². The largest absolute Gasteiger partial charge is 0.321 e. The van der Waals surface area contributed by atoms with E-state index >= 15 is 0 Å². The van der Waals surface area contributed by atoms with Crippen LogP contribution in [-0.2, 0) is 10.0 Å². The van der Waals surface area contributed by atoms with Gasteiger partial charge in [0.15, 0.2) is 0 Å². The molecule has 2 aromatic rings. The Balaban J connectivity index is 2.41. The smallest absolute Gasteiger partial charge is 0.281 e. The number of hydrogen-bond donors (Lipinski definition) is 3. The van der Waals surface area contributed by atoms with E-state index in [2.05, 4.69) is 20.1 Å². The Hall–Kier alpha value is -2.19. The summed E-state index contributed by atoms with van der Waals surface area (Å²) in [7, 11) is -3.84. The zero-order valence-electron chi connectivity index (χ0n) is 11.1. The highest BCUT2D eigenvalue weighted by Crippen LogP contribution is 2.22. The summed E-state index contributed by atoms with van der Waals surface area (Å²) in [4.78, 5) is 8.06. The van der Waals surface area contributed by atoms with Crippen molar-refractivity contribution in [3.8, 4) is 0 Å². The molecule has 0 saturated carbocycles. The quantitative estimate of drug-likeness (QED) is 0.577. The van der Waals surface area contributed by atoms with E-state index in [1.165, 1.54) is 12.3 Å². The van der Waals surface area contributed by atoms with Gasteiger partial charge in [0, 0.05) is 11.9 Å².